The van der Waals surface area contributed by atoms with Gasteiger partial charge in [0, 0.05) is 13.0 Å². The van der Waals surface area contributed by atoms with Gasteiger partial charge in [-0.1, -0.05) is 25.5 Å². The summed E-state index contributed by atoms with van der Waals surface area (Å²) in [4.78, 5) is 18.4. The number of nitrogens with zero attached hydrogens (tertiary/aromatic N) is 2. The van der Waals surface area contributed by atoms with Gasteiger partial charge in [-0.15, -0.1) is 11.3 Å². The molecule has 0 aliphatic carbocycles. The summed E-state index contributed by atoms with van der Waals surface area (Å²) in [6, 6.07) is 8.13. The fourth-order valence-corrected chi connectivity index (χ4v) is 3.11. The van der Waals surface area contributed by atoms with Crippen LogP contribution in [-0.2, 0) is 11.2 Å². The van der Waals surface area contributed by atoms with Crippen LogP contribution < -0.4 is 5.32 Å². The van der Waals surface area contributed by atoms with Gasteiger partial charge in [-0.05, 0) is 32.1 Å². The van der Waals surface area contributed by atoms with Crippen molar-refractivity contribution in [1.29, 1.82) is 0 Å². The lowest BCUT2D eigenvalue weighted by atomic mass is 10.3. The molecule has 1 aromatic carbocycles. The Kier molecular flexibility index (Phi) is 6.14. The van der Waals surface area contributed by atoms with E-state index in [1.165, 1.54) is 4.70 Å². The number of rotatable bonds is 8. The van der Waals surface area contributed by atoms with Gasteiger partial charge >= 0.3 is 0 Å². The number of carbonyl (C=O) groups excluding carboxylic acids is 1. The highest BCUT2D eigenvalue weighted by Crippen LogP contribution is 2.21. The highest BCUT2D eigenvalue weighted by molar-refractivity contribution is 7.18. The fourth-order valence-electron chi connectivity index (χ4n) is 2.14. The van der Waals surface area contributed by atoms with Crippen molar-refractivity contribution in [3.8, 4) is 0 Å². The molecule has 0 fully saturated rings. The lowest BCUT2D eigenvalue weighted by Crippen LogP contribution is -2.36. The number of amides is 1. The van der Waals surface area contributed by atoms with Crippen LogP contribution in [0.3, 0.4) is 0 Å². The van der Waals surface area contributed by atoms with Crippen LogP contribution >= 0.6 is 11.3 Å². The Morgan fingerprint density at radius 2 is 2.19 bits per heavy atom. The van der Waals surface area contributed by atoms with Crippen molar-refractivity contribution < 1.29 is 4.79 Å². The molecule has 1 aromatic heterocycles. The maximum Gasteiger partial charge on any atom is 0.234 e. The van der Waals surface area contributed by atoms with Gasteiger partial charge in [0.05, 0.1) is 21.8 Å². The van der Waals surface area contributed by atoms with Gasteiger partial charge in [-0.25, -0.2) is 4.98 Å². The molecule has 21 heavy (non-hydrogen) atoms. The summed E-state index contributed by atoms with van der Waals surface area (Å²) in [7, 11) is 1.99. The minimum absolute atomic E-state index is 0.0923. The first kappa shape index (κ1) is 15.9. The Balaban J connectivity index is 1.72. The van der Waals surface area contributed by atoms with E-state index in [0.717, 1.165) is 36.3 Å². The van der Waals surface area contributed by atoms with E-state index in [2.05, 4.69) is 28.2 Å². The van der Waals surface area contributed by atoms with Gasteiger partial charge in [-0.3, -0.25) is 9.69 Å². The molecule has 2 rings (SSSR count). The number of nitrogens with one attached hydrogen (secondary N) is 1. The molecule has 0 aliphatic rings. The standard InChI is InChI=1S/C16H23N3OS/c1-3-4-11-19(2)12-15(20)17-10-9-16-18-13-7-5-6-8-14(13)21-16/h5-8H,3-4,9-12H2,1-2H3,(H,17,20). The number of thiazole rings is 1. The Morgan fingerprint density at radius 1 is 1.38 bits per heavy atom. The van der Waals surface area contributed by atoms with Crippen molar-refractivity contribution in [3.05, 3.63) is 29.3 Å². The van der Waals surface area contributed by atoms with Crippen LogP contribution in [0.5, 0.6) is 0 Å². The maximum absolute atomic E-state index is 11.8. The predicted octanol–water partition coefficient (Wildman–Crippen LogP) is 2.69. The van der Waals surface area contributed by atoms with Gasteiger partial charge in [-0.2, -0.15) is 0 Å². The second kappa shape index (κ2) is 8.10. The molecular weight excluding hydrogens is 282 g/mol. The topological polar surface area (TPSA) is 45.2 Å². The molecule has 1 N–H and O–H groups in total. The van der Waals surface area contributed by atoms with Gasteiger partial charge in [0.2, 0.25) is 5.91 Å². The Morgan fingerprint density at radius 3 is 2.95 bits per heavy atom. The van der Waals surface area contributed by atoms with E-state index in [1.54, 1.807) is 11.3 Å². The summed E-state index contributed by atoms with van der Waals surface area (Å²) in [5.74, 6) is 0.0923. The van der Waals surface area contributed by atoms with Crippen molar-refractivity contribution in [2.45, 2.75) is 26.2 Å². The molecule has 0 aliphatic heterocycles. The molecule has 0 unspecified atom stereocenters. The molecule has 0 radical (unpaired) electrons. The van der Waals surface area contributed by atoms with E-state index >= 15 is 0 Å². The minimum Gasteiger partial charge on any atom is -0.355 e. The van der Waals surface area contributed by atoms with Crippen LogP contribution in [0.25, 0.3) is 10.2 Å². The van der Waals surface area contributed by atoms with Crippen molar-refractivity contribution >= 4 is 27.5 Å². The fraction of sp³-hybridized carbons (Fsp3) is 0.500. The van der Waals surface area contributed by atoms with Gasteiger partial charge in [0.1, 0.15) is 0 Å². The third kappa shape index (κ3) is 5.10. The second-order valence-corrected chi connectivity index (χ2v) is 6.38. The SMILES string of the molecule is CCCCN(C)CC(=O)NCCc1nc2ccccc2s1. The summed E-state index contributed by atoms with van der Waals surface area (Å²) < 4.78 is 1.21. The zero-order chi connectivity index (χ0) is 15.1. The lowest BCUT2D eigenvalue weighted by Gasteiger charge is -2.15. The van der Waals surface area contributed by atoms with Crippen molar-refractivity contribution in [2.24, 2.45) is 0 Å². The predicted molar refractivity (Wildman–Crippen MR) is 88.7 cm³/mol. The van der Waals surface area contributed by atoms with E-state index in [4.69, 9.17) is 0 Å². The summed E-state index contributed by atoms with van der Waals surface area (Å²) in [6.45, 7) is 4.26. The summed E-state index contributed by atoms with van der Waals surface area (Å²) in [6.07, 6.45) is 3.09. The van der Waals surface area contributed by atoms with E-state index in [0.29, 0.717) is 13.1 Å². The first-order valence-electron chi connectivity index (χ1n) is 7.48. The smallest absolute Gasteiger partial charge is 0.234 e. The molecule has 2 aromatic rings. The lowest BCUT2D eigenvalue weighted by molar-refractivity contribution is -0.121. The van der Waals surface area contributed by atoms with Crippen LogP contribution in [0.15, 0.2) is 24.3 Å². The van der Waals surface area contributed by atoms with E-state index in [9.17, 15) is 4.79 Å². The largest absolute Gasteiger partial charge is 0.355 e. The first-order chi connectivity index (χ1) is 10.2. The van der Waals surface area contributed by atoms with E-state index < -0.39 is 0 Å². The van der Waals surface area contributed by atoms with Crippen LogP contribution in [0.4, 0.5) is 0 Å². The van der Waals surface area contributed by atoms with Crippen LogP contribution in [-0.4, -0.2) is 42.5 Å². The summed E-state index contributed by atoms with van der Waals surface area (Å²) in [5.41, 5.74) is 1.04. The molecule has 0 atom stereocenters. The Bertz CT molecular complexity index is 549. The van der Waals surface area contributed by atoms with Gasteiger partial charge in [0.25, 0.3) is 0 Å². The van der Waals surface area contributed by atoms with Crippen LogP contribution in [0.1, 0.15) is 24.8 Å². The number of hydrogen-bond donors (Lipinski definition) is 1. The molecule has 1 amide bonds. The Hall–Kier alpha value is -1.46. The van der Waals surface area contributed by atoms with Crippen LogP contribution in [0.2, 0.25) is 0 Å². The zero-order valence-electron chi connectivity index (χ0n) is 12.8. The number of hydrogen-bond acceptors (Lipinski definition) is 4. The molecule has 1 heterocycles. The molecule has 0 saturated heterocycles. The van der Waals surface area contributed by atoms with Crippen molar-refractivity contribution in [2.75, 3.05) is 26.7 Å². The summed E-state index contributed by atoms with van der Waals surface area (Å²) in [5, 5.41) is 4.05. The molecule has 114 valence electrons. The molecule has 0 spiro atoms. The first-order valence-corrected chi connectivity index (χ1v) is 8.30. The number of likely N-dealkylation sites (N-methyl/N-ethyl adjacent to an activating group) is 1. The molecule has 0 saturated carbocycles. The van der Waals surface area contributed by atoms with Gasteiger partial charge in [0.15, 0.2) is 0 Å². The Labute approximate surface area is 130 Å². The molecule has 0 bridgehead atoms. The average Bonchev–Trinajstić information content (AvgIpc) is 2.87. The second-order valence-electron chi connectivity index (χ2n) is 5.27. The monoisotopic (exact) mass is 305 g/mol. The normalized spacial score (nSPS) is 11.2. The summed E-state index contributed by atoms with van der Waals surface area (Å²) >= 11 is 1.70. The third-order valence-electron chi connectivity index (χ3n) is 3.31. The van der Waals surface area contributed by atoms with Crippen molar-refractivity contribution in [3.63, 3.8) is 0 Å². The number of benzene rings is 1. The molecule has 4 nitrogen and oxygen atoms in total. The maximum atomic E-state index is 11.8. The molecular formula is C16H23N3OS. The number of para-hydroxylation sites is 1. The third-order valence-corrected chi connectivity index (χ3v) is 4.40. The quantitative estimate of drug-likeness (QED) is 0.815. The van der Waals surface area contributed by atoms with Crippen molar-refractivity contribution in [1.82, 2.24) is 15.2 Å². The van der Waals surface area contributed by atoms with Gasteiger partial charge < -0.3 is 5.32 Å². The van der Waals surface area contributed by atoms with E-state index in [-0.39, 0.29) is 5.91 Å². The number of unbranched alkanes of at least 4 members (excludes halogenated alkanes) is 1. The molecule has 5 heteroatoms. The highest BCUT2D eigenvalue weighted by Gasteiger charge is 2.07. The van der Waals surface area contributed by atoms with Crippen LogP contribution in [0, 0.1) is 0 Å². The highest BCUT2D eigenvalue weighted by atomic mass is 32.1. The average molecular weight is 305 g/mol. The number of fused-ring (bicyclic) bond motifs is 1. The number of carbonyl (C=O) groups is 1. The number of aromatic nitrogens is 1. The van der Waals surface area contributed by atoms with E-state index in [1.807, 2.05) is 25.2 Å². The minimum atomic E-state index is 0.0923. The zero-order valence-corrected chi connectivity index (χ0v) is 13.6.